The Balaban J connectivity index is 1.56. The van der Waals surface area contributed by atoms with Crippen LogP contribution in [0.2, 0.25) is 0 Å². The second kappa shape index (κ2) is 12.5. The highest BCUT2D eigenvalue weighted by atomic mass is 16.5. The van der Waals surface area contributed by atoms with E-state index in [1.807, 2.05) is 36.2 Å². The number of fused-ring (bicyclic) bond motifs is 1. The summed E-state index contributed by atoms with van der Waals surface area (Å²) in [5.74, 6) is 1.03. The summed E-state index contributed by atoms with van der Waals surface area (Å²) in [6, 6.07) is 13.6. The van der Waals surface area contributed by atoms with Gasteiger partial charge in [-0.1, -0.05) is 36.3 Å². The van der Waals surface area contributed by atoms with Crippen molar-refractivity contribution in [1.29, 1.82) is 0 Å². The maximum absolute atomic E-state index is 13.5. The molecule has 0 fully saturated rings. The second-order valence-electron chi connectivity index (χ2n) is 9.09. The van der Waals surface area contributed by atoms with Crippen LogP contribution in [0.3, 0.4) is 0 Å². The second-order valence-corrected chi connectivity index (χ2v) is 9.09. The number of carbonyl (C=O) groups excluding carboxylic acids is 2. The number of hydrogen-bond acceptors (Lipinski definition) is 9. The highest BCUT2D eigenvalue weighted by molar-refractivity contribution is 5.87. The number of carbonyl (C=O) groups is 2. The van der Waals surface area contributed by atoms with Crippen LogP contribution >= 0.6 is 0 Å². The molecule has 4 rings (SSSR count). The first-order valence-electron chi connectivity index (χ1n) is 12.7. The highest BCUT2D eigenvalue weighted by Crippen LogP contribution is 2.33. The summed E-state index contributed by atoms with van der Waals surface area (Å²) < 4.78 is 10.8. The SMILES string of the molecule is CCNCCNC(=O)CN(CC(=O)N(C)N1Cc2ccccc2C1)c1cc(-c2noc(C)n2)ccc1OC. The van der Waals surface area contributed by atoms with Crippen LogP contribution in [0.25, 0.3) is 11.4 Å². The van der Waals surface area contributed by atoms with Crippen molar-refractivity contribution in [1.82, 2.24) is 30.8 Å². The van der Waals surface area contributed by atoms with Crippen molar-refractivity contribution in [2.75, 3.05) is 51.8 Å². The molecule has 0 radical (unpaired) electrons. The minimum atomic E-state index is -0.199. The number of ether oxygens (including phenoxy) is 1. The summed E-state index contributed by atoms with van der Waals surface area (Å²) in [5.41, 5.74) is 3.68. The lowest BCUT2D eigenvalue weighted by Crippen LogP contribution is -2.48. The molecule has 202 valence electrons. The van der Waals surface area contributed by atoms with Crippen LogP contribution in [0.15, 0.2) is 47.0 Å². The fourth-order valence-corrected chi connectivity index (χ4v) is 4.37. The standard InChI is InChI=1S/C27H35N7O4/c1-5-28-12-13-29-25(35)17-33(18-26(36)32(3)34-15-21-8-6-7-9-22(21)16-34)23-14-20(10-11-24(23)37-4)27-30-19(2)38-31-27/h6-11,14,28H,5,12-13,15-18H2,1-4H3,(H,29,35). The van der Waals surface area contributed by atoms with E-state index >= 15 is 0 Å². The Hall–Kier alpha value is -3.96. The number of nitrogens with zero attached hydrogens (tertiary/aromatic N) is 5. The van der Waals surface area contributed by atoms with Crippen molar-refractivity contribution in [2.24, 2.45) is 0 Å². The maximum atomic E-state index is 13.5. The third kappa shape index (κ3) is 6.48. The van der Waals surface area contributed by atoms with Gasteiger partial charge in [-0.15, -0.1) is 0 Å². The molecule has 2 amide bonds. The zero-order valence-corrected chi connectivity index (χ0v) is 22.4. The van der Waals surface area contributed by atoms with E-state index in [1.165, 1.54) is 11.1 Å². The van der Waals surface area contributed by atoms with Gasteiger partial charge in [-0.2, -0.15) is 4.98 Å². The van der Waals surface area contributed by atoms with Gasteiger partial charge in [0.15, 0.2) is 0 Å². The molecule has 1 aliphatic heterocycles. The zero-order chi connectivity index (χ0) is 27.1. The van der Waals surface area contributed by atoms with Gasteiger partial charge in [-0.3, -0.25) is 14.6 Å². The molecule has 1 aromatic heterocycles. The van der Waals surface area contributed by atoms with E-state index in [1.54, 1.807) is 37.1 Å². The molecule has 3 aromatic rings. The summed E-state index contributed by atoms with van der Waals surface area (Å²) >= 11 is 0. The molecule has 2 aromatic carbocycles. The lowest BCUT2D eigenvalue weighted by molar-refractivity contribution is -0.145. The Morgan fingerprint density at radius 2 is 1.84 bits per heavy atom. The molecule has 38 heavy (non-hydrogen) atoms. The predicted molar refractivity (Wildman–Crippen MR) is 143 cm³/mol. The molecule has 0 atom stereocenters. The molecule has 1 aliphatic rings. The van der Waals surface area contributed by atoms with Gasteiger partial charge in [-0.05, 0) is 35.9 Å². The van der Waals surface area contributed by atoms with Crippen LogP contribution in [0, 0.1) is 6.92 Å². The molecule has 0 unspecified atom stereocenters. The highest BCUT2D eigenvalue weighted by Gasteiger charge is 2.27. The number of hydrogen-bond donors (Lipinski definition) is 2. The number of methoxy groups -OCH3 is 1. The smallest absolute Gasteiger partial charge is 0.256 e. The predicted octanol–water partition coefficient (Wildman–Crippen LogP) is 1.97. The van der Waals surface area contributed by atoms with Gasteiger partial charge in [0, 0.05) is 45.7 Å². The first-order chi connectivity index (χ1) is 18.4. The number of aromatic nitrogens is 2. The third-order valence-corrected chi connectivity index (χ3v) is 6.45. The summed E-state index contributed by atoms with van der Waals surface area (Å²) in [6.07, 6.45) is 0. The molecule has 0 spiro atoms. The molecular formula is C27H35N7O4. The quantitative estimate of drug-likeness (QED) is 0.345. The normalized spacial score (nSPS) is 12.7. The summed E-state index contributed by atoms with van der Waals surface area (Å²) in [4.78, 5) is 32.5. The molecule has 0 saturated heterocycles. The van der Waals surface area contributed by atoms with Gasteiger partial charge < -0.3 is 24.8 Å². The van der Waals surface area contributed by atoms with Crippen LogP contribution < -0.4 is 20.3 Å². The number of rotatable bonds is 12. The fraction of sp³-hybridized carbons (Fsp3) is 0.407. The monoisotopic (exact) mass is 521 g/mol. The Morgan fingerprint density at radius 1 is 1.11 bits per heavy atom. The lowest BCUT2D eigenvalue weighted by Gasteiger charge is -2.32. The van der Waals surface area contributed by atoms with Gasteiger partial charge in [0.05, 0.1) is 25.9 Å². The van der Waals surface area contributed by atoms with E-state index < -0.39 is 0 Å². The van der Waals surface area contributed by atoms with E-state index in [-0.39, 0.29) is 24.9 Å². The number of nitrogens with one attached hydrogen (secondary N) is 2. The number of amides is 2. The molecule has 2 heterocycles. The first kappa shape index (κ1) is 27.1. The van der Waals surface area contributed by atoms with Crippen molar-refractivity contribution in [3.05, 3.63) is 59.5 Å². The van der Waals surface area contributed by atoms with Gasteiger partial charge in [0.2, 0.25) is 17.6 Å². The van der Waals surface area contributed by atoms with Gasteiger partial charge in [0.25, 0.3) is 5.91 Å². The van der Waals surface area contributed by atoms with E-state index in [4.69, 9.17) is 9.26 Å². The summed E-state index contributed by atoms with van der Waals surface area (Å²) in [7, 11) is 3.32. The van der Waals surface area contributed by atoms with Crippen LogP contribution in [0.4, 0.5) is 5.69 Å². The van der Waals surface area contributed by atoms with Crippen molar-refractivity contribution in [2.45, 2.75) is 26.9 Å². The Bertz CT molecular complexity index is 1240. The van der Waals surface area contributed by atoms with Crippen LogP contribution in [-0.2, 0) is 22.7 Å². The first-order valence-corrected chi connectivity index (χ1v) is 12.7. The number of likely N-dealkylation sites (N-methyl/N-ethyl adjacent to an activating group) is 2. The summed E-state index contributed by atoms with van der Waals surface area (Å²) in [5, 5.41) is 13.7. The van der Waals surface area contributed by atoms with Crippen molar-refractivity contribution >= 4 is 17.5 Å². The van der Waals surface area contributed by atoms with Crippen molar-refractivity contribution < 1.29 is 18.8 Å². The van der Waals surface area contributed by atoms with E-state index in [9.17, 15) is 9.59 Å². The number of aryl methyl sites for hydroxylation is 1. The summed E-state index contributed by atoms with van der Waals surface area (Å²) in [6.45, 7) is 6.94. The van der Waals surface area contributed by atoms with E-state index in [2.05, 4.69) is 32.9 Å². The number of anilines is 1. The van der Waals surface area contributed by atoms with Crippen molar-refractivity contribution in [3.8, 4) is 17.1 Å². The molecule has 0 bridgehead atoms. The van der Waals surface area contributed by atoms with E-state index in [0.29, 0.717) is 54.9 Å². The molecule has 11 nitrogen and oxygen atoms in total. The molecule has 0 aliphatic carbocycles. The molecular weight excluding hydrogens is 486 g/mol. The average molecular weight is 522 g/mol. The zero-order valence-electron chi connectivity index (χ0n) is 22.4. The topological polar surface area (TPSA) is 116 Å². The Kier molecular flexibility index (Phi) is 8.93. The fourth-order valence-electron chi connectivity index (χ4n) is 4.37. The van der Waals surface area contributed by atoms with E-state index in [0.717, 1.165) is 6.54 Å². The molecule has 0 saturated carbocycles. The minimum absolute atomic E-state index is 0.0307. The number of benzene rings is 2. The third-order valence-electron chi connectivity index (χ3n) is 6.45. The molecule has 11 heteroatoms. The van der Waals surface area contributed by atoms with Gasteiger partial charge in [0.1, 0.15) is 5.75 Å². The largest absolute Gasteiger partial charge is 0.495 e. The Labute approximate surface area is 222 Å². The van der Waals surface area contributed by atoms with Gasteiger partial charge >= 0.3 is 0 Å². The lowest BCUT2D eigenvalue weighted by atomic mass is 10.1. The van der Waals surface area contributed by atoms with Crippen LogP contribution in [-0.4, -0.2) is 78.9 Å². The van der Waals surface area contributed by atoms with Gasteiger partial charge in [-0.25, -0.2) is 5.01 Å². The average Bonchev–Trinajstić information content (AvgIpc) is 3.56. The minimum Gasteiger partial charge on any atom is -0.495 e. The van der Waals surface area contributed by atoms with Crippen LogP contribution in [0.1, 0.15) is 23.9 Å². The maximum Gasteiger partial charge on any atom is 0.256 e. The van der Waals surface area contributed by atoms with Crippen molar-refractivity contribution in [3.63, 3.8) is 0 Å². The molecule has 2 N–H and O–H groups in total. The Morgan fingerprint density at radius 3 is 2.47 bits per heavy atom. The van der Waals surface area contributed by atoms with Crippen LogP contribution in [0.5, 0.6) is 5.75 Å². The number of hydrazine groups is 1.